The fraction of sp³-hybridized carbons (Fsp3) is 1.00. The van der Waals surface area contributed by atoms with Crippen molar-refractivity contribution < 1.29 is 4.48 Å². The number of nitrogens with one attached hydrogen (secondary N) is 1. The highest BCUT2D eigenvalue weighted by atomic mass is 19.2. The van der Waals surface area contributed by atoms with E-state index in [0.29, 0.717) is 18.2 Å². The van der Waals surface area contributed by atoms with Gasteiger partial charge in [0, 0.05) is 20.1 Å². The number of hydrogen-bond acceptors (Lipinski definition) is 2. The lowest BCUT2D eigenvalue weighted by Gasteiger charge is -2.01. The molecular weight excluding hydrogens is 95.1 g/mol. The molecule has 0 radical (unpaired) electrons. The Morgan fingerprint density at radius 1 is 1.71 bits per heavy atom. The van der Waals surface area contributed by atoms with E-state index in [1.54, 1.807) is 7.05 Å². The zero-order chi connectivity index (χ0) is 5.70. The van der Waals surface area contributed by atoms with Crippen LogP contribution in [0.15, 0.2) is 0 Å². The van der Waals surface area contributed by atoms with Gasteiger partial charge in [-0.3, -0.25) is 0 Å². The first kappa shape index (κ1) is 6.85. The average molecular weight is 106 g/mol. The molecule has 0 saturated heterocycles. The first-order valence-electron chi connectivity index (χ1n) is 2.29. The van der Waals surface area contributed by atoms with Gasteiger partial charge in [-0.1, -0.05) is 0 Å². The van der Waals surface area contributed by atoms with Gasteiger partial charge < -0.3 is 5.32 Å². The summed E-state index contributed by atoms with van der Waals surface area (Å²) in [7, 11) is 3.20. The lowest BCUT2D eigenvalue weighted by molar-refractivity contribution is 0.0622. The summed E-state index contributed by atoms with van der Waals surface area (Å²) < 4.78 is 11.7. The van der Waals surface area contributed by atoms with Crippen LogP contribution in [0.3, 0.4) is 0 Å². The maximum atomic E-state index is 11.7. The predicted octanol–water partition coefficient (Wildman–Crippen LogP) is 0.0221. The van der Waals surface area contributed by atoms with E-state index < -0.39 is 0 Å². The minimum Gasteiger partial charge on any atom is -0.318 e. The average Bonchev–Trinajstić information content (AvgIpc) is 1.61. The lowest BCUT2D eigenvalue weighted by Crippen LogP contribution is -2.20. The molecule has 0 aliphatic rings. The second-order valence-electron chi connectivity index (χ2n) is 1.43. The topological polar surface area (TPSA) is 15.3 Å². The molecule has 0 fully saturated rings. The van der Waals surface area contributed by atoms with Crippen molar-refractivity contribution in [3.05, 3.63) is 0 Å². The maximum Gasteiger partial charge on any atom is 0.0412 e. The molecule has 0 aliphatic carbocycles. The van der Waals surface area contributed by atoms with Crippen molar-refractivity contribution in [2.75, 3.05) is 27.2 Å². The van der Waals surface area contributed by atoms with Crippen LogP contribution in [0.1, 0.15) is 0 Å². The Balaban J connectivity index is 2.68. The molecule has 1 N–H and O–H groups in total. The second kappa shape index (κ2) is 4.02. The zero-order valence-corrected chi connectivity index (χ0v) is 4.74. The second-order valence-corrected chi connectivity index (χ2v) is 1.43. The highest BCUT2D eigenvalue weighted by Gasteiger charge is 1.87. The van der Waals surface area contributed by atoms with Crippen LogP contribution in [0.25, 0.3) is 0 Å². The van der Waals surface area contributed by atoms with Gasteiger partial charge >= 0.3 is 0 Å². The molecule has 3 heteroatoms. The van der Waals surface area contributed by atoms with Crippen molar-refractivity contribution in [3.8, 4) is 0 Å². The van der Waals surface area contributed by atoms with Gasteiger partial charge in [-0.25, -0.2) is 0 Å². The van der Waals surface area contributed by atoms with Gasteiger partial charge in [0.25, 0.3) is 0 Å². The molecule has 2 nitrogen and oxygen atoms in total. The number of halogens is 1. The van der Waals surface area contributed by atoms with E-state index >= 15 is 0 Å². The van der Waals surface area contributed by atoms with Gasteiger partial charge in [0.05, 0.1) is 0 Å². The van der Waals surface area contributed by atoms with E-state index in [-0.39, 0.29) is 0 Å². The Bertz CT molecular complexity index is 38.7. The Kier molecular flexibility index (Phi) is 3.93. The molecule has 0 unspecified atom stereocenters. The first-order chi connectivity index (χ1) is 3.27. The smallest absolute Gasteiger partial charge is 0.0412 e. The molecule has 0 aromatic heterocycles. The lowest BCUT2D eigenvalue weighted by atomic mass is 10.6. The monoisotopic (exact) mass is 106 g/mol. The van der Waals surface area contributed by atoms with Crippen LogP contribution < -0.4 is 5.32 Å². The van der Waals surface area contributed by atoms with Crippen LogP contribution in [0.4, 0.5) is 4.48 Å². The molecule has 0 aromatic rings. The summed E-state index contributed by atoms with van der Waals surface area (Å²) in [6.07, 6.45) is 0. The number of rotatable bonds is 3. The van der Waals surface area contributed by atoms with Gasteiger partial charge in [0.1, 0.15) is 0 Å². The first-order valence-corrected chi connectivity index (χ1v) is 2.29. The third kappa shape index (κ3) is 5.85. The molecule has 0 aliphatic heterocycles. The molecule has 44 valence electrons. The third-order valence-electron chi connectivity index (χ3n) is 0.670. The molecule has 0 saturated carbocycles. The molecule has 0 atom stereocenters. The van der Waals surface area contributed by atoms with Gasteiger partial charge in [-0.2, -0.15) is 0 Å². The SMILES string of the molecule is CNCCN(C)F. The summed E-state index contributed by atoms with van der Waals surface area (Å²) >= 11 is 0. The highest BCUT2D eigenvalue weighted by molar-refractivity contribution is 4.38. The van der Waals surface area contributed by atoms with Crippen molar-refractivity contribution >= 4 is 0 Å². The number of likely N-dealkylation sites (N-methyl/N-ethyl adjacent to an activating group) is 2. The van der Waals surface area contributed by atoms with Crippen LogP contribution in [-0.2, 0) is 0 Å². The van der Waals surface area contributed by atoms with Crippen LogP contribution in [0, 0.1) is 0 Å². The summed E-state index contributed by atoms with van der Waals surface area (Å²) in [6.45, 7) is 1.16. The molecular formula is C4H11FN2. The van der Waals surface area contributed by atoms with E-state index in [1.807, 2.05) is 0 Å². The molecule has 0 amide bonds. The van der Waals surface area contributed by atoms with Crippen LogP contribution in [-0.4, -0.2) is 32.3 Å². The predicted molar refractivity (Wildman–Crippen MR) is 27.7 cm³/mol. The largest absolute Gasteiger partial charge is 0.318 e. The normalized spacial score (nSPS) is 10.3. The fourth-order valence-electron chi connectivity index (χ4n) is 0.266. The van der Waals surface area contributed by atoms with Crippen molar-refractivity contribution in [3.63, 3.8) is 0 Å². The van der Waals surface area contributed by atoms with Crippen molar-refractivity contribution in [1.29, 1.82) is 0 Å². The summed E-state index contributed by atoms with van der Waals surface area (Å²) in [5, 5.41) is 3.47. The van der Waals surface area contributed by atoms with Gasteiger partial charge in [0.2, 0.25) is 0 Å². The van der Waals surface area contributed by atoms with Crippen molar-refractivity contribution in [2.24, 2.45) is 0 Å². The van der Waals surface area contributed by atoms with E-state index in [4.69, 9.17) is 0 Å². The Labute approximate surface area is 43.2 Å². The Morgan fingerprint density at radius 2 is 2.29 bits per heavy atom. The summed E-state index contributed by atoms with van der Waals surface area (Å²) in [5.41, 5.74) is 0. The van der Waals surface area contributed by atoms with E-state index in [1.165, 1.54) is 7.05 Å². The Hall–Kier alpha value is -0.150. The van der Waals surface area contributed by atoms with Crippen molar-refractivity contribution in [2.45, 2.75) is 0 Å². The van der Waals surface area contributed by atoms with Gasteiger partial charge in [-0.05, 0) is 7.05 Å². The summed E-state index contributed by atoms with van der Waals surface area (Å²) in [4.78, 5) is 0. The van der Waals surface area contributed by atoms with E-state index in [9.17, 15) is 4.48 Å². The number of nitrogens with zero attached hydrogens (tertiary/aromatic N) is 1. The van der Waals surface area contributed by atoms with E-state index in [0.717, 1.165) is 0 Å². The fourth-order valence-corrected chi connectivity index (χ4v) is 0.266. The number of hydrogen-bond donors (Lipinski definition) is 1. The molecule has 0 spiro atoms. The summed E-state index contributed by atoms with van der Waals surface area (Å²) in [5.74, 6) is 0. The quantitative estimate of drug-likeness (QED) is 0.510. The molecule has 7 heavy (non-hydrogen) atoms. The van der Waals surface area contributed by atoms with Gasteiger partial charge in [-0.15, -0.1) is 9.60 Å². The Morgan fingerprint density at radius 3 is 2.43 bits per heavy atom. The van der Waals surface area contributed by atoms with E-state index in [2.05, 4.69) is 5.32 Å². The van der Waals surface area contributed by atoms with Gasteiger partial charge in [0.15, 0.2) is 0 Å². The minimum atomic E-state index is 0.455. The zero-order valence-electron chi connectivity index (χ0n) is 4.74. The molecule has 0 heterocycles. The molecule has 0 aromatic carbocycles. The van der Waals surface area contributed by atoms with Crippen LogP contribution in [0.5, 0.6) is 0 Å². The maximum absolute atomic E-state index is 11.7. The summed E-state index contributed by atoms with van der Waals surface area (Å²) in [6, 6.07) is 0. The molecule has 0 rings (SSSR count). The third-order valence-corrected chi connectivity index (χ3v) is 0.670. The van der Waals surface area contributed by atoms with Crippen molar-refractivity contribution in [1.82, 2.24) is 10.4 Å². The van der Waals surface area contributed by atoms with Crippen LogP contribution in [0.2, 0.25) is 0 Å². The molecule has 0 bridgehead atoms. The minimum absolute atomic E-state index is 0.455. The highest BCUT2D eigenvalue weighted by Crippen LogP contribution is 1.75. The standard InChI is InChI=1S/C4H11FN2/c1-6-3-4-7(2)5/h6H,3-4H2,1-2H3. The van der Waals surface area contributed by atoms with Crippen LogP contribution >= 0.6 is 0 Å².